The number of likely N-dealkylation sites (tertiary alicyclic amines) is 1. The fourth-order valence-electron chi connectivity index (χ4n) is 2.58. The summed E-state index contributed by atoms with van der Waals surface area (Å²) in [6, 6.07) is 0. The Bertz CT molecular complexity index is 241. The molecule has 0 spiro atoms. The highest BCUT2D eigenvalue weighted by molar-refractivity contribution is 6.05. The second kappa shape index (κ2) is 3.69. The Hall–Kier alpha value is -0.900. The molecule has 78 valence electrons. The van der Waals surface area contributed by atoms with Gasteiger partial charge in [-0.15, -0.1) is 0 Å². The molecule has 1 aliphatic heterocycles. The molecule has 2 rings (SSSR count). The number of nitrogens with two attached hydrogens (primary N) is 1. The van der Waals surface area contributed by atoms with Crippen LogP contribution >= 0.6 is 0 Å². The van der Waals surface area contributed by atoms with E-state index in [1.165, 1.54) is 4.90 Å². The van der Waals surface area contributed by atoms with Gasteiger partial charge in [0.15, 0.2) is 0 Å². The van der Waals surface area contributed by atoms with Gasteiger partial charge in [-0.3, -0.25) is 14.5 Å². The fourth-order valence-corrected chi connectivity index (χ4v) is 2.58. The molecule has 2 fully saturated rings. The summed E-state index contributed by atoms with van der Waals surface area (Å²) in [5, 5.41) is 0. The molecule has 2 aliphatic rings. The fraction of sp³-hybridized carbons (Fsp3) is 0.800. The minimum atomic E-state index is -0.0252. The van der Waals surface area contributed by atoms with E-state index in [9.17, 15) is 9.59 Å². The van der Waals surface area contributed by atoms with Crippen LogP contribution in [0.4, 0.5) is 0 Å². The van der Waals surface area contributed by atoms with Crippen LogP contribution < -0.4 is 5.73 Å². The van der Waals surface area contributed by atoms with Crippen LogP contribution in [0.1, 0.15) is 25.7 Å². The molecule has 1 saturated heterocycles. The van der Waals surface area contributed by atoms with Crippen molar-refractivity contribution < 1.29 is 9.59 Å². The highest BCUT2D eigenvalue weighted by atomic mass is 16.2. The van der Waals surface area contributed by atoms with Crippen molar-refractivity contribution in [2.24, 2.45) is 17.6 Å². The van der Waals surface area contributed by atoms with Gasteiger partial charge in [0.1, 0.15) is 0 Å². The second-order valence-electron chi connectivity index (χ2n) is 4.11. The van der Waals surface area contributed by atoms with Gasteiger partial charge in [-0.25, -0.2) is 0 Å². The van der Waals surface area contributed by atoms with E-state index in [2.05, 4.69) is 0 Å². The number of rotatable bonds is 2. The van der Waals surface area contributed by atoms with Gasteiger partial charge in [0.05, 0.1) is 11.8 Å². The van der Waals surface area contributed by atoms with Crippen LogP contribution in [-0.4, -0.2) is 29.8 Å². The number of hydrogen-bond acceptors (Lipinski definition) is 3. The first-order valence-corrected chi connectivity index (χ1v) is 5.31. The molecule has 4 nitrogen and oxygen atoms in total. The monoisotopic (exact) mass is 196 g/mol. The van der Waals surface area contributed by atoms with Gasteiger partial charge in [0, 0.05) is 13.1 Å². The van der Waals surface area contributed by atoms with Crippen LogP contribution in [0.15, 0.2) is 0 Å². The first-order valence-electron chi connectivity index (χ1n) is 5.31. The second-order valence-corrected chi connectivity index (χ2v) is 4.11. The molecule has 1 heterocycles. The summed E-state index contributed by atoms with van der Waals surface area (Å²) in [5.41, 5.74) is 5.38. The van der Waals surface area contributed by atoms with Crippen molar-refractivity contribution in [2.45, 2.75) is 25.7 Å². The Labute approximate surface area is 83.4 Å². The van der Waals surface area contributed by atoms with Gasteiger partial charge in [0.25, 0.3) is 0 Å². The van der Waals surface area contributed by atoms with E-state index < -0.39 is 0 Å². The molecule has 0 unspecified atom stereocenters. The summed E-state index contributed by atoms with van der Waals surface area (Å²) in [6.45, 7) is 0.765. The predicted molar refractivity (Wildman–Crippen MR) is 51.2 cm³/mol. The molecule has 0 bridgehead atoms. The lowest BCUT2D eigenvalue weighted by Gasteiger charge is -2.19. The number of hydrogen-bond donors (Lipinski definition) is 1. The van der Waals surface area contributed by atoms with Gasteiger partial charge in [-0.1, -0.05) is 12.8 Å². The van der Waals surface area contributed by atoms with Crippen LogP contribution in [0.5, 0.6) is 0 Å². The minimum absolute atomic E-state index is 0.0187. The van der Waals surface area contributed by atoms with Crippen molar-refractivity contribution in [1.82, 2.24) is 4.90 Å². The molecule has 0 radical (unpaired) electrons. The molecule has 14 heavy (non-hydrogen) atoms. The number of amides is 2. The normalized spacial score (nSPS) is 32.2. The van der Waals surface area contributed by atoms with E-state index in [0.717, 1.165) is 25.7 Å². The zero-order valence-electron chi connectivity index (χ0n) is 8.24. The molecule has 4 heteroatoms. The van der Waals surface area contributed by atoms with E-state index >= 15 is 0 Å². The smallest absolute Gasteiger partial charge is 0.233 e. The van der Waals surface area contributed by atoms with E-state index in [0.29, 0.717) is 13.1 Å². The van der Waals surface area contributed by atoms with Gasteiger partial charge in [-0.05, 0) is 12.8 Å². The summed E-state index contributed by atoms with van der Waals surface area (Å²) >= 11 is 0. The van der Waals surface area contributed by atoms with Crippen LogP contribution in [0.2, 0.25) is 0 Å². The molecule has 0 aromatic heterocycles. The largest absolute Gasteiger partial charge is 0.329 e. The maximum Gasteiger partial charge on any atom is 0.233 e. The average molecular weight is 196 g/mol. The van der Waals surface area contributed by atoms with Crippen LogP contribution in [0, 0.1) is 11.8 Å². The first-order chi connectivity index (χ1) is 6.75. The predicted octanol–water partition coefficient (Wildman–Crippen LogP) is 0.120. The van der Waals surface area contributed by atoms with E-state index in [4.69, 9.17) is 5.73 Å². The molecule has 1 saturated carbocycles. The van der Waals surface area contributed by atoms with Crippen LogP contribution in [-0.2, 0) is 9.59 Å². The summed E-state index contributed by atoms with van der Waals surface area (Å²) < 4.78 is 0. The number of carbonyl (C=O) groups is 2. The van der Waals surface area contributed by atoms with Gasteiger partial charge < -0.3 is 5.73 Å². The molecular weight excluding hydrogens is 180 g/mol. The molecule has 0 aromatic rings. The molecule has 2 amide bonds. The Balaban J connectivity index is 2.15. The zero-order valence-corrected chi connectivity index (χ0v) is 8.24. The lowest BCUT2D eigenvalue weighted by atomic mass is 9.81. The summed E-state index contributed by atoms with van der Waals surface area (Å²) in [5.74, 6) is -0.0131. The lowest BCUT2D eigenvalue weighted by Crippen LogP contribution is -2.35. The molecular formula is C10H16N2O2. The van der Waals surface area contributed by atoms with Crippen LogP contribution in [0.25, 0.3) is 0 Å². The lowest BCUT2D eigenvalue weighted by molar-refractivity contribution is -0.139. The molecule has 1 aliphatic carbocycles. The van der Waals surface area contributed by atoms with E-state index in [-0.39, 0.29) is 23.7 Å². The Morgan fingerprint density at radius 2 is 1.64 bits per heavy atom. The number of imide groups is 1. The van der Waals surface area contributed by atoms with Crippen molar-refractivity contribution in [2.75, 3.05) is 13.1 Å². The highest BCUT2D eigenvalue weighted by Crippen LogP contribution is 2.37. The van der Waals surface area contributed by atoms with Crippen molar-refractivity contribution in [3.63, 3.8) is 0 Å². The van der Waals surface area contributed by atoms with Crippen molar-refractivity contribution in [3.8, 4) is 0 Å². The Morgan fingerprint density at radius 3 is 2.07 bits per heavy atom. The molecule has 0 aromatic carbocycles. The van der Waals surface area contributed by atoms with Gasteiger partial charge >= 0.3 is 0 Å². The topological polar surface area (TPSA) is 63.4 Å². The summed E-state index contributed by atoms with van der Waals surface area (Å²) in [7, 11) is 0. The number of carbonyl (C=O) groups excluding carboxylic acids is 2. The zero-order chi connectivity index (χ0) is 10.1. The average Bonchev–Trinajstić information content (AvgIpc) is 2.45. The minimum Gasteiger partial charge on any atom is -0.329 e. The Kier molecular flexibility index (Phi) is 2.54. The quantitative estimate of drug-likeness (QED) is 0.638. The highest BCUT2D eigenvalue weighted by Gasteiger charge is 2.47. The molecule has 2 atom stereocenters. The van der Waals surface area contributed by atoms with Gasteiger partial charge in [-0.2, -0.15) is 0 Å². The third-order valence-electron chi connectivity index (χ3n) is 3.29. The maximum absolute atomic E-state index is 11.8. The maximum atomic E-state index is 11.8. The van der Waals surface area contributed by atoms with Crippen molar-refractivity contribution in [1.29, 1.82) is 0 Å². The van der Waals surface area contributed by atoms with Crippen LogP contribution in [0.3, 0.4) is 0 Å². The summed E-state index contributed by atoms with van der Waals surface area (Å²) in [6.07, 6.45) is 3.93. The third-order valence-corrected chi connectivity index (χ3v) is 3.29. The number of nitrogens with zero attached hydrogens (tertiary/aromatic N) is 1. The SMILES string of the molecule is NCCN1C(=O)[C@H]2CCCC[C@H]2C1=O. The van der Waals surface area contributed by atoms with Crippen molar-refractivity contribution >= 4 is 11.8 Å². The van der Waals surface area contributed by atoms with Gasteiger partial charge in [0.2, 0.25) is 11.8 Å². The standard InChI is InChI=1S/C10H16N2O2/c11-5-6-12-9(13)7-3-1-2-4-8(7)10(12)14/h7-8H,1-6,11H2/t7-,8+. The van der Waals surface area contributed by atoms with Crippen molar-refractivity contribution in [3.05, 3.63) is 0 Å². The molecule has 2 N–H and O–H groups in total. The van der Waals surface area contributed by atoms with E-state index in [1.54, 1.807) is 0 Å². The number of fused-ring (bicyclic) bond motifs is 1. The third kappa shape index (κ3) is 1.34. The summed E-state index contributed by atoms with van der Waals surface area (Å²) in [4.78, 5) is 24.9. The van der Waals surface area contributed by atoms with E-state index in [1.807, 2.05) is 0 Å². The Morgan fingerprint density at radius 1 is 1.14 bits per heavy atom. The first kappa shape index (κ1) is 9.65.